The molecule has 2 aromatic rings. The summed E-state index contributed by atoms with van der Waals surface area (Å²) in [7, 11) is 1.61. The van der Waals surface area contributed by atoms with E-state index in [9.17, 15) is 8.78 Å². The fourth-order valence-electron chi connectivity index (χ4n) is 2.28. The molecule has 3 rings (SSSR count). The Labute approximate surface area is 137 Å². The van der Waals surface area contributed by atoms with Crippen LogP contribution in [0.15, 0.2) is 35.6 Å². The molecule has 1 aliphatic rings. The summed E-state index contributed by atoms with van der Waals surface area (Å²) >= 11 is 0. The second-order valence-corrected chi connectivity index (χ2v) is 5.00. The topological polar surface area (TPSA) is 72.7 Å². The van der Waals surface area contributed by atoms with Gasteiger partial charge in [-0.2, -0.15) is 8.78 Å². The van der Waals surface area contributed by atoms with Gasteiger partial charge in [0.05, 0.1) is 6.54 Å². The molecule has 0 aliphatic carbocycles. The predicted octanol–water partition coefficient (Wildman–Crippen LogP) is 1.87. The third-order valence-electron chi connectivity index (χ3n) is 3.49. The van der Waals surface area contributed by atoms with Crippen LogP contribution in [0, 0.1) is 0 Å². The lowest BCUT2D eigenvalue weighted by atomic mass is 10.2. The number of nitrogens with one attached hydrogen (secondary N) is 2. The molecule has 0 saturated heterocycles. The summed E-state index contributed by atoms with van der Waals surface area (Å²) in [5.41, 5.74) is 0.983. The lowest BCUT2D eigenvalue weighted by Crippen LogP contribution is -2.37. The van der Waals surface area contributed by atoms with Gasteiger partial charge in [0.15, 0.2) is 17.5 Å². The van der Waals surface area contributed by atoms with Crippen LogP contribution in [0.5, 0.6) is 11.5 Å². The van der Waals surface area contributed by atoms with Crippen molar-refractivity contribution < 1.29 is 18.3 Å². The van der Waals surface area contributed by atoms with Crippen LogP contribution in [0.3, 0.4) is 0 Å². The third-order valence-corrected chi connectivity index (χ3v) is 3.49. The lowest BCUT2D eigenvalue weighted by molar-refractivity contribution is 0.0668. The van der Waals surface area contributed by atoms with E-state index in [1.165, 1.54) is 12.4 Å². The highest BCUT2D eigenvalue weighted by molar-refractivity contribution is 5.79. The Balaban J connectivity index is 1.54. The van der Waals surface area contributed by atoms with Crippen molar-refractivity contribution in [3.8, 4) is 11.5 Å². The quantitative estimate of drug-likeness (QED) is 0.644. The average molecular weight is 337 g/mol. The summed E-state index contributed by atoms with van der Waals surface area (Å²) in [6, 6.07) is 5.64. The molecule has 7 nitrogen and oxygen atoms in total. The van der Waals surface area contributed by atoms with Crippen molar-refractivity contribution >= 4 is 5.96 Å². The van der Waals surface area contributed by atoms with Crippen molar-refractivity contribution in [2.75, 3.05) is 13.8 Å². The number of nitrogens with zero attached hydrogens (tertiary/aromatic N) is 3. The van der Waals surface area contributed by atoms with Gasteiger partial charge in [0.2, 0.25) is 6.79 Å². The molecule has 0 bridgehead atoms. The SMILES string of the molecule is CN=C(NCc1ccc2c(c1)OCO2)NCc1nccn1C(F)F. The summed E-state index contributed by atoms with van der Waals surface area (Å²) in [6.07, 6.45) is 2.58. The fraction of sp³-hybridized carbons (Fsp3) is 0.333. The van der Waals surface area contributed by atoms with Crippen LogP contribution in [0.4, 0.5) is 8.78 Å². The molecule has 9 heteroatoms. The number of guanidine groups is 1. The van der Waals surface area contributed by atoms with E-state index in [2.05, 4.69) is 20.6 Å². The number of ether oxygens (including phenoxy) is 2. The van der Waals surface area contributed by atoms with Gasteiger partial charge in [-0.3, -0.25) is 9.56 Å². The van der Waals surface area contributed by atoms with E-state index in [-0.39, 0.29) is 19.2 Å². The van der Waals surface area contributed by atoms with Gasteiger partial charge in [-0.05, 0) is 17.7 Å². The first kappa shape index (κ1) is 16.0. The Morgan fingerprint density at radius 3 is 2.88 bits per heavy atom. The first-order valence-corrected chi connectivity index (χ1v) is 7.30. The van der Waals surface area contributed by atoms with Gasteiger partial charge >= 0.3 is 6.55 Å². The molecule has 0 atom stereocenters. The molecule has 0 spiro atoms. The molecule has 2 heterocycles. The number of imidazole rings is 1. The number of hydrogen-bond acceptors (Lipinski definition) is 4. The molecule has 24 heavy (non-hydrogen) atoms. The van der Waals surface area contributed by atoms with Gasteiger partial charge < -0.3 is 20.1 Å². The van der Waals surface area contributed by atoms with E-state index in [0.29, 0.717) is 18.3 Å². The van der Waals surface area contributed by atoms with Gasteiger partial charge in [-0.1, -0.05) is 6.07 Å². The zero-order valence-corrected chi connectivity index (χ0v) is 13.0. The summed E-state index contributed by atoms with van der Waals surface area (Å²) < 4.78 is 36.9. The zero-order valence-electron chi connectivity index (χ0n) is 13.0. The minimum Gasteiger partial charge on any atom is -0.454 e. The molecule has 128 valence electrons. The number of rotatable bonds is 5. The molecule has 1 aliphatic heterocycles. The first-order chi connectivity index (χ1) is 11.7. The maximum Gasteiger partial charge on any atom is 0.319 e. The van der Waals surface area contributed by atoms with Crippen molar-refractivity contribution in [2.45, 2.75) is 19.6 Å². The Hall–Kier alpha value is -2.84. The maximum absolute atomic E-state index is 12.8. The predicted molar refractivity (Wildman–Crippen MR) is 83.1 cm³/mol. The molecular formula is C15H17F2N5O2. The molecule has 1 aromatic carbocycles. The zero-order chi connectivity index (χ0) is 16.9. The molecule has 0 amide bonds. The second kappa shape index (κ2) is 7.16. The molecular weight excluding hydrogens is 320 g/mol. The normalized spacial score (nSPS) is 13.4. The Morgan fingerprint density at radius 2 is 2.08 bits per heavy atom. The summed E-state index contributed by atoms with van der Waals surface area (Å²) in [5.74, 6) is 2.14. The van der Waals surface area contributed by atoms with Crippen LogP contribution in [0.2, 0.25) is 0 Å². The van der Waals surface area contributed by atoms with Gasteiger partial charge in [0, 0.05) is 26.0 Å². The highest BCUT2D eigenvalue weighted by Gasteiger charge is 2.14. The summed E-state index contributed by atoms with van der Waals surface area (Å²) in [5, 5.41) is 6.06. The number of halogens is 2. The van der Waals surface area contributed by atoms with Gasteiger partial charge in [0.1, 0.15) is 5.82 Å². The number of fused-ring (bicyclic) bond motifs is 1. The number of aromatic nitrogens is 2. The number of alkyl halides is 2. The van der Waals surface area contributed by atoms with Gasteiger partial charge in [-0.15, -0.1) is 0 Å². The van der Waals surface area contributed by atoms with Crippen molar-refractivity contribution in [2.24, 2.45) is 4.99 Å². The Morgan fingerprint density at radius 1 is 1.29 bits per heavy atom. The monoisotopic (exact) mass is 337 g/mol. The van der Waals surface area contributed by atoms with E-state index in [1.807, 2.05) is 18.2 Å². The maximum atomic E-state index is 12.8. The minimum absolute atomic E-state index is 0.137. The lowest BCUT2D eigenvalue weighted by Gasteiger charge is -2.13. The number of benzene rings is 1. The van der Waals surface area contributed by atoms with Crippen molar-refractivity contribution in [3.05, 3.63) is 42.0 Å². The summed E-state index contributed by atoms with van der Waals surface area (Å²) in [6.45, 7) is -1.75. The van der Waals surface area contributed by atoms with Crippen molar-refractivity contribution in [1.82, 2.24) is 20.2 Å². The van der Waals surface area contributed by atoms with E-state index < -0.39 is 6.55 Å². The van der Waals surface area contributed by atoms with Crippen LogP contribution in [0.25, 0.3) is 0 Å². The number of hydrogen-bond donors (Lipinski definition) is 2. The van der Waals surface area contributed by atoms with Crippen molar-refractivity contribution in [3.63, 3.8) is 0 Å². The molecule has 0 saturated carbocycles. The van der Waals surface area contributed by atoms with E-state index in [1.54, 1.807) is 7.05 Å². The van der Waals surface area contributed by atoms with Crippen LogP contribution < -0.4 is 20.1 Å². The van der Waals surface area contributed by atoms with Crippen LogP contribution in [0.1, 0.15) is 17.9 Å². The Bertz CT molecular complexity index is 732. The van der Waals surface area contributed by atoms with Crippen LogP contribution in [-0.4, -0.2) is 29.4 Å². The van der Waals surface area contributed by atoms with Gasteiger partial charge in [0.25, 0.3) is 0 Å². The van der Waals surface area contributed by atoms with E-state index >= 15 is 0 Å². The second-order valence-electron chi connectivity index (χ2n) is 5.00. The fourth-order valence-corrected chi connectivity index (χ4v) is 2.28. The highest BCUT2D eigenvalue weighted by atomic mass is 19.3. The summed E-state index contributed by atoms with van der Waals surface area (Å²) in [4.78, 5) is 7.97. The van der Waals surface area contributed by atoms with Crippen molar-refractivity contribution in [1.29, 1.82) is 0 Å². The smallest absolute Gasteiger partial charge is 0.319 e. The standard InChI is InChI=1S/C15H17F2N5O2/c1-18-15(21-8-13-19-4-5-22(13)14(16)17)20-7-10-2-3-11-12(6-10)24-9-23-11/h2-6,14H,7-9H2,1H3,(H2,18,20,21). The third kappa shape index (κ3) is 3.55. The minimum atomic E-state index is -2.62. The molecule has 0 radical (unpaired) electrons. The average Bonchev–Trinajstić information content (AvgIpc) is 3.23. The van der Waals surface area contributed by atoms with E-state index in [0.717, 1.165) is 15.9 Å². The molecule has 1 aromatic heterocycles. The first-order valence-electron chi connectivity index (χ1n) is 7.30. The van der Waals surface area contributed by atoms with Crippen LogP contribution >= 0.6 is 0 Å². The van der Waals surface area contributed by atoms with Gasteiger partial charge in [-0.25, -0.2) is 4.98 Å². The van der Waals surface area contributed by atoms with Crippen LogP contribution in [-0.2, 0) is 13.1 Å². The molecule has 0 fully saturated rings. The molecule has 0 unspecified atom stereocenters. The largest absolute Gasteiger partial charge is 0.454 e. The van der Waals surface area contributed by atoms with E-state index in [4.69, 9.17) is 9.47 Å². The molecule has 2 N–H and O–H groups in total. The number of aliphatic imine (C=N–C) groups is 1. The Kier molecular flexibility index (Phi) is 4.78. The highest BCUT2D eigenvalue weighted by Crippen LogP contribution is 2.32.